The summed E-state index contributed by atoms with van der Waals surface area (Å²) in [6.45, 7) is 6.71. The lowest BCUT2D eigenvalue weighted by Crippen LogP contribution is -2.45. The predicted octanol–water partition coefficient (Wildman–Crippen LogP) is 7.73. The predicted molar refractivity (Wildman–Crippen MR) is 147 cm³/mol. The molecule has 3 atom stereocenters. The number of hydrogen-bond donors (Lipinski definition) is 1. The van der Waals surface area contributed by atoms with Gasteiger partial charge in [0.2, 0.25) is 0 Å². The maximum Gasteiger partial charge on any atom is 0.418 e. The summed E-state index contributed by atoms with van der Waals surface area (Å²) in [5.74, 6) is -0.810. The second-order valence-corrected chi connectivity index (χ2v) is 10.6. The molecule has 0 radical (unpaired) electrons. The van der Waals surface area contributed by atoms with E-state index in [1.54, 1.807) is 12.1 Å². The van der Waals surface area contributed by atoms with Crippen LogP contribution in [0, 0.1) is 0 Å². The lowest BCUT2D eigenvalue weighted by molar-refractivity contribution is -0.146. The zero-order valence-electron chi connectivity index (χ0n) is 23.1. The summed E-state index contributed by atoms with van der Waals surface area (Å²) >= 11 is 0. The number of pyridine rings is 1. The molecule has 0 spiro atoms. The quantitative estimate of drug-likeness (QED) is 0.232. The standard InChI is InChI=1S/C30H29F6N5O/c1-17-14-41(15-18(2)42-17)16-26-39-25-13-21(27-24(30(34,35)36)5-4-12-37-27)8-11-23(25)28(40-26)38-22-9-6-20(7-10-22)19(3)29(31,32)33/h4-13,17-19H,14-16H2,1-3H3,(H,38,39,40). The van der Waals surface area contributed by atoms with E-state index in [1.807, 2.05) is 13.8 Å². The van der Waals surface area contributed by atoms with E-state index in [0.717, 1.165) is 13.0 Å². The van der Waals surface area contributed by atoms with Crippen LogP contribution in [0.3, 0.4) is 0 Å². The Morgan fingerprint density at radius 1 is 0.952 bits per heavy atom. The molecule has 1 N–H and O–H groups in total. The summed E-state index contributed by atoms with van der Waals surface area (Å²) in [6, 6.07) is 12.8. The molecule has 3 unspecified atom stereocenters. The number of alkyl halides is 6. The minimum Gasteiger partial charge on any atom is -0.373 e. The molecule has 0 bridgehead atoms. The first kappa shape index (κ1) is 29.7. The van der Waals surface area contributed by atoms with Crippen LogP contribution < -0.4 is 5.32 Å². The minimum atomic E-state index is -4.60. The smallest absolute Gasteiger partial charge is 0.373 e. The van der Waals surface area contributed by atoms with Crippen LogP contribution in [0.1, 0.15) is 43.6 Å². The van der Waals surface area contributed by atoms with Crippen LogP contribution in [0.4, 0.5) is 37.8 Å². The van der Waals surface area contributed by atoms with Crippen LogP contribution in [-0.2, 0) is 17.5 Å². The second-order valence-electron chi connectivity index (χ2n) is 10.6. The zero-order valence-corrected chi connectivity index (χ0v) is 23.1. The number of nitrogens with one attached hydrogen (secondary N) is 1. The third kappa shape index (κ3) is 6.65. The fourth-order valence-electron chi connectivity index (χ4n) is 5.15. The van der Waals surface area contributed by atoms with Crippen molar-refractivity contribution in [1.82, 2.24) is 19.9 Å². The Hall–Kier alpha value is -3.77. The number of morpholine rings is 1. The van der Waals surface area contributed by atoms with Crippen molar-refractivity contribution in [2.45, 2.75) is 57.8 Å². The highest BCUT2D eigenvalue weighted by atomic mass is 19.4. The second kappa shape index (κ2) is 11.5. The molecule has 1 saturated heterocycles. The summed E-state index contributed by atoms with van der Waals surface area (Å²) in [4.78, 5) is 15.6. The van der Waals surface area contributed by atoms with E-state index in [0.29, 0.717) is 47.9 Å². The summed E-state index contributed by atoms with van der Waals surface area (Å²) in [5.41, 5.74) is 0.187. The highest BCUT2D eigenvalue weighted by Crippen LogP contribution is 2.38. The monoisotopic (exact) mass is 589 g/mol. The lowest BCUT2D eigenvalue weighted by atomic mass is 10.0. The van der Waals surface area contributed by atoms with Gasteiger partial charge in [-0.1, -0.05) is 18.2 Å². The van der Waals surface area contributed by atoms with Crippen molar-refractivity contribution in [3.05, 3.63) is 77.7 Å². The lowest BCUT2D eigenvalue weighted by Gasteiger charge is -2.34. The summed E-state index contributed by atoms with van der Waals surface area (Å²) in [5, 5.41) is 3.70. The van der Waals surface area contributed by atoms with E-state index in [-0.39, 0.29) is 29.0 Å². The van der Waals surface area contributed by atoms with E-state index in [1.165, 1.54) is 42.6 Å². The van der Waals surface area contributed by atoms with Crippen molar-refractivity contribution in [2.24, 2.45) is 0 Å². The SMILES string of the molecule is CC1CN(Cc2nc(Nc3ccc(C(C)C(F)(F)F)cc3)c3ccc(-c4ncccc4C(F)(F)F)cc3n2)CC(C)O1. The first-order valence-electron chi connectivity index (χ1n) is 13.4. The van der Waals surface area contributed by atoms with Gasteiger partial charge in [-0.3, -0.25) is 9.88 Å². The van der Waals surface area contributed by atoms with Gasteiger partial charge in [0.25, 0.3) is 0 Å². The highest BCUT2D eigenvalue weighted by molar-refractivity contribution is 5.93. The number of ether oxygens (including phenoxy) is 1. The molecular weight excluding hydrogens is 560 g/mol. The van der Waals surface area contributed by atoms with Crippen LogP contribution in [0.15, 0.2) is 60.8 Å². The molecule has 0 saturated carbocycles. The number of halogens is 6. The van der Waals surface area contributed by atoms with Gasteiger partial charge >= 0.3 is 12.4 Å². The van der Waals surface area contributed by atoms with E-state index in [9.17, 15) is 26.3 Å². The molecule has 2 aromatic carbocycles. The van der Waals surface area contributed by atoms with Gasteiger partial charge in [0.05, 0.1) is 41.4 Å². The van der Waals surface area contributed by atoms with Gasteiger partial charge in [0.15, 0.2) is 0 Å². The Balaban J connectivity index is 1.55. The van der Waals surface area contributed by atoms with Crippen LogP contribution in [0.25, 0.3) is 22.2 Å². The van der Waals surface area contributed by atoms with E-state index in [2.05, 4.69) is 15.2 Å². The van der Waals surface area contributed by atoms with Gasteiger partial charge in [-0.2, -0.15) is 26.3 Å². The molecule has 222 valence electrons. The van der Waals surface area contributed by atoms with Crippen LogP contribution in [0.2, 0.25) is 0 Å². The van der Waals surface area contributed by atoms with E-state index < -0.39 is 23.8 Å². The molecule has 0 amide bonds. The zero-order chi connectivity index (χ0) is 30.2. The molecule has 1 aliphatic heterocycles. The Kier molecular flexibility index (Phi) is 8.13. The van der Waals surface area contributed by atoms with Crippen molar-refractivity contribution in [2.75, 3.05) is 18.4 Å². The Morgan fingerprint density at radius 2 is 1.64 bits per heavy atom. The normalized spacial score (nSPS) is 19.2. The summed E-state index contributed by atoms with van der Waals surface area (Å²) in [6.07, 6.45) is -7.65. The van der Waals surface area contributed by atoms with Gasteiger partial charge in [0.1, 0.15) is 11.6 Å². The van der Waals surface area contributed by atoms with Crippen molar-refractivity contribution in [3.8, 4) is 11.3 Å². The molecule has 5 rings (SSSR count). The van der Waals surface area contributed by atoms with Gasteiger partial charge in [-0.25, -0.2) is 9.97 Å². The molecule has 0 aliphatic carbocycles. The molecule has 4 aromatic rings. The average Bonchev–Trinajstić information content (AvgIpc) is 2.91. The number of benzene rings is 2. The molecule has 1 fully saturated rings. The third-order valence-electron chi connectivity index (χ3n) is 7.15. The molecule has 3 heterocycles. The molecular formula is C30H29F6N5O. The Bertz CT molecular complexity index is 1550. The third-order valence-corrected chi connectivity index (χ3v) is 7.15. The van der Waals surface area contributed by atoms with Crippen LogP contribution in [-0.4, -0.2) is 51.3 Å². The Morgan fingerprint density at radius 3 is 2.29 bits per heavy atom. The van der Waals surface area contributed by atoms with Gasteiger partial charge in [-0.05, 0) is 62.7 Å². The van der Waals surface area contributed by atoms with Crippen molar-refractivity contribution >= 4 is 22.4 Å². The fourth-order valence-corrected chi connectivity index (χ4v) is 5.15. The molecule has 1 aliphatic rings. The average molecular weight is 590 g/mol. The molecule has 6 nitrogen and oxygen atoms in total. The highest BCUT2D eigenvalue weighted by Gasteiger charge is 2.37. The number of fused-ring (bicyclic) bond motifs is 1. The summed E-state index contributed by atoms with van der Waals surface area (Å²) < 4.78 is 86.5. The van der Waals surface area contributed by atoms with E-state index in [4.69, 9.17) is 14.7 Å². The molecule has 12 heteroatoms. The maximum absolute atomic E-state index is 13.7. The van der Waals surface area contributed by atoms with Gasteiger partial charge < -0.3 is 10.1 Å². The van der Waals surface area contributed by atoms with Crippen molar-refractivity contribution < 1.29 is 31.1 Å². The number of rotatable bonds is 6. The number of nitrogens with zero attached hydrogens (tertiary/aromatic N) is 4. The van der Waals surface area contributed by atoms with Crippen molar-refractivity contribution in [3.63, 3.8) is 0 Å². The number of anilines is 2. The first-order chi connectivity index (χ1) is 19.8. The number of hydrogen-bond acceptors (Lipinski definition) is 6. The topological polar surface area (TPSA) is 63.2 Å². The number of aromatic nitrogens is 3. The van der Waals surface area contributed by atoms with Crippen LogP contribution in [0.5, 0.6) is 0 Å². The minimum absolute atomic E-state index is 0.000883. The molecule has 42 heavy (non-hydrogen) atoms. The fraction of sp³-hybridized carbons (Fsp3) is 0.367. The molecule has 2 aromatic heterocycles. The summed E-state index contributed by atoms with van der Waals surface area (Å²) in [7, 11) is 0. The first-order valence-corrected chi connectivity index (χ1v) is 13.4. The van der Waals surface area contributed by atoms with E-state index >= 15 is 0 Å². The van der Waals surface area contributed by atoms with Gasteiger partial charge in [0, 0.05) is 35.9 Å². The van der Waals surface area contributed by atoms with Crippen LogP contribution >= 0.6 is 0 Å². The maximum atomic E-state index is 13.7. The largest absolute Gasteiger partial charge is 0.418 e. The van der Waals surface area contributed by atoms with Gasteiger partial charge in [-0.15, -0.1) is 0 Å². The van der Waals surface area contributed by atoms with Crippen molar-refractivity contribution in [1.29, 1.82) is 0 Å². The Labute approximate surface area is 238 Å².